The molecule has 39 heavy (non-hydrogen) atoms. The Kier molecular flexibility index (Phi) is 9.24. The van der Waals surface area contributed by atoms with Gasteiger partial charge in [0, 0.05) is 48.4 Å². The van der Waals surface area contributed by atoms with Gasteiger partial charge in [-0.25, -0.2) is 0 Å². The lowest BCUT2D eigenvalue weighted by atomic mass is 10.1. The molecule has 0 N–H and O–H groups in total. The first kappa shape index (κ1) is 28.2. The van der Waals surface area contributed by atoms with Crippen molar-refractivity contribution in [3.8, 4) is 22.8 Å². The fourth-order valence-electron chi connectivity index (χ4n) is 4.48. The molecular formula is C29H34ClN5O4. The number of halogens is 1. The van der Waals surface area contributed by atoms with Crippen molar-refractivity contribution >= 4 is 29.2 Å². The third-order valence-electron chi connectivity index (χ3n) is 7.07. The highest BCUT2D eigenvalue weighted by Crippen LogP contribution is 2.31. The molecule has 2 aromatic carbocycles. The Bertz CT molecular complexity index is 1280. The van der Waals surface area contributed by atoms with Gasteiger partial charge in [-0.15, -0.1) is 10.2 Å². The molecule has 1 fully saturated rings. The number of hydrogen-bond donors (Lipinski definition) is 0. The number of hydrogen-bond acceptors (Lipinski definition) is 7. The minimum absolute atomic E-state index is 0.0380. The Morgan fingerprint density at radius 1 is 0.949 bits per heavy atom. The van der Waals surface area contributed by atoms with Crippen LogP contribution in [0.15, 0.2) is 54.6 Å². The molecule has 0 saturated carbocycles. The number of carbonyl (C=O) groups is 2. The summed E-state index contributed by atoms with van der Waals surface area (Å²) in [7, 11) is 3.20. The largest absolute Gasteiger partial charge is 0.493 e. The summed E-state index contributed by atoms with van der Waals surface area (Å²) < 4.78 is 10.7. The number of carbonyl (C=O) groups excluding carboxylic acids is 2. The summed E-state index contributed by atoms with van der Waals surface area (Å²) in [6, 6.07) is 16.2. The molecule has 10 heteroatoms. The second-order valence-electron chi connectivity index (χ2n) is 9.41. The summed E-state index contributed by atoms with van der Waals surface area (Å²) >= 11 is 5.98. The van der Waals surface area contributed by atoms with Crippen LogP contribution < -0.4 is 14.4 Å². The molecule has 1 aliphatic rings. The van der Waals surface area contributed by atoms with Crippen LogP contribution in [-0.2, 0) is 4.79 Å². The van der Waals surface area contributed by atoms with Gasteiger partial charge >= 0.3 is 0 Å². The zero-order valence-corrected chi connectivity index (χ0v) is 23.5. The van der Waals surface area contributed by atoms with E-state index in [1.807, 2.05) is 49.1 Å². The van der Waals surface area contributed by atoms with Crippen molar-refractivity contribution in [1.29, 1.82) is 0 Å². The summed E-state index contributed by atoms with van der Waals surface area (Å²) in [6.45, 7) is 6.35. The molecule has 0 radical (unpaired) electrons. The smallest absolute Gasteiger partial charge is 0.254 e. The Morgan fingerprint density at radius 2 is 1.64 bits per heavy atom. The lowest BCUT2D eigenvalue weighted by molar-refractivity contribution is -0.132. The van der Waals surface area contributed by atoms with Crippen LogP contribution >= 0.6 is 11.6 Å². The highest BCUT2D eigenvalue weighted by atomic mass is 35.5. The number of anilines is 1. The first-order chi connectivity index (χ1) is 18.8. The second-order valence-corrected chi connectivity index (χ2v) is 9.85. The highest BCUT2D eigenvalue weighted by molar-refractivity contribution is 6.30. The van der Waals surface area contributed by atoms with Gasteiger partial charge in [-0.2, -0.15) is 0 Å². The molecule has 1 aliphatic heterocycles. The molecule has 0 spiro atoms. The number of amides is 2. The van der Waals surface area contributed by atoms with Crippen molar-refractivity contribution in [2.24, 2.45) is 0 Å². The maximum atomic E-state index is 13.2. The van der Waals surface area contributed by atoms with E-state index in [0.717, 1.165) is 23.5 Å². The number of rotatable bonds is 9. The van der Waals surface area contributed by atoms with Crippen molar-refractivity contribution in [2.75, 3.05) is 51.8 Å². The lowest BCUT2D eigenvalue weighted by Crippen LogP contribution is -2.53. The maximum Gasteiger partial charge on any atom is 0.254 e. The van der Waals surface area contributed by atoms with E-state index in [1.165, 1.54) is 0 Å². The Labute approximate surface area is 234 Å². The third-order valence-corrected chi connectivity index (χ3v) is 7.32. The van der Waals surface area contributed by atoms with E-state index in [1.54, 1.807) is 43.4 Å². The molecule has 3 aromatic rings. The lowest BCUT2D eigenvalue weighted by Gasteiger charge is -2.37. The average Bonchev–Trinajstić information content (AvgIpc) is 2.99. The van der Waals surface area contributed by atoms with Gasteiger partial charge in [0.25, 0.3) is 5.91 Å². The van der Waals surface area contributed by atoms with E-state index >= 15 is 0 Å². The minimum Gasteiger partial charge on any atom is -0.493 e. The van der Waals surface area contributed by atoms with Gasteiger partial charge < -0.3 is 24.2 Å². The van der Waals surface area contributed by atoms with Crippen LogP contribution in [0.5, 0.6) is 11.5 Å². The number of methoxy groups -OCH3 is 2. The molecular weight excluding hydrogens is 518 g/mol. The number of benzene rings is 2. The molecule has 1 atom stereocenters. The molecule has 1 saturated heterocycles. The predicted octanol–water partition coefficient (Wildman–Crippen LogP) is 4.40. The van der Waals surface area contributed by atoms with Gasteiger partial charge in [0.2, 0.25) is 5.91 Å². The maximum absolute atomic E-state index is 13.2. The molecule has 0 bridgehead atoms. The molecule has 1 aromatic heterocycles. The first-order valence-electron chi connectivity index (χ1n) is 13.0. The molecule has 1 unspecified atom stereocenters. The quantitative estimate of drug-likeness (QED) is 0.389. The molecule has 9 nitrogen and oxygen atoms in total. The van der Waals surface area contributed by atoms with Crippen molar-refractivity contribution in [3.63, 3.8) is 0 Å². The molecule has 4 rings (SSSR count). The van der Waals surface area contributed by atoms with Crippen molar-refractivity contribution < 1.29 is 19.1 Å². The van der Waals surface area contributed by atoms with Gasteiger partial charge in [-0.3, -0.25) is 9.59 Å². The number of piperazine rings is 1. The van der Waals surface area contributed by atoms with Gasteiger partial charge in [-0.1, -0.05) is 18.5 Å². The summed E-state index contributed by atoms with van der Waals surface area (Å²) in [5.74, 6) is 1.80. The van der Waals surface area contributed by atoms with Gasteiger partial charge in [0.15, 0.2) is 17.3 Å². The third kappa shape index (κ3) is 6.60. The van der Waals surface area contributed by atoms with E-state index in [-0.39, 0.29) is 24.4 Å². The summed E-state index contributed by atoms with van der Waals surface area (Å²) in [5, 5.41) is 9.41. The fraction of sp³-hybridized carbons (Fsp3) is 0.379. The van der Waals surface area contributed by atoms with E-state index < -0.39 is 0 Å². The van der Waals surface area contributed by atoms with Crippen LogP contribution in [0.4, 0.5) is 5.82 Å². The number of aromatic nitrogens is 2. The first-order valence-corrected chi connectivity index (χ1v) is 13.4. The van der Waals surface area contributed by atoms with Crippen LogP contribution in [0.1, 0.15) is 30.6 Å². The van der Waals surface area contributed by atoms with Gasteiger partial charge in [0.1, 0.15) is 6.54 Å². The monoisotopic (exact) mass is 551 g/mol. The van der Waals surface area contributed by atoms with Crippen LogP contribution in [0.25, 0.3) is 11.3 Å². The van der Waals surface area contributed by atoms with E-state index in [9.17, 15) is 9.59 Å². The van der Waals surface area contributed by atoms with E-state index in [0.29, 0.717) is 48.3 Å². The fourth-order valence-corrected chi connectivity index (χ4v) is 4.61. The van der Waals surface area contributed by atoms with E-state index in [2.05, 4.69) is 15.1 Å². The molecule has 2 heterocycles. The number of nitrogens with zero attached hydrogens (tertiary/aromatic N) is 5. The van der Waals surface area contributed by atoms with Crippen molar-refractivity contribution in [2.45, 2.75) is 26.3 Å². The SMILES string of the molecule is CCC(C)N(CC(=O)N1CCN(c2ccc(-c3ccc(OC)c(OC)c3)nn2)CC1)C(=O)c1ccc(Cl)cc1. The van der Waals surface area contributed by atoms with Crippen molar-refractivity contribution in [3.05, 3.63) is 65.2 Å². The average molecular weight is 552 g/mol. The Morgan fingerprint density at radius 3 is 2.23 bits per heavy atom. The minimum atomic E-state index is -0.169. The summed E-state index contributed by atoms with van der Waals surface area (Å²) in [4.78, 5) is 32.0. The van der Waals surface area contributed by atoms with Crippen LogP contribution in [0, 0.1) is 0 Å². The normalized spacial score (nSPS) is 14.1. The van der Waals surface area contributed by atoms with E-state index in [4.69, 9.17) is 21.1 Å². The second kappa shape index (κ2) is 12.8. The summed E-state index contributed by atoms with van der Waals surface area (Å²) in [6.07, 6.45) is 0.748. The topological polar surface area (TPSA) is 88.1 Å². The van der Waals surface area contributed by atoms with Gasteiger partial charge in [-0.05, 0) is 67.9 Å². The van der Waals surface area contributed by atoms with Crippen LogP contribution in [0.2, 0.25) is 5.02 Å². The Balaban J connectivity index is 1.36. The highest BCUT2D eigenvalue weighted by Gasteiger charge is 2.28. The van der Waals surface area contributed by atoms with Gasteiger partial charge in [0.05, 0.1) is 19.9 Å². The molecule has 206 valence electrons. The zero-order valence-electron chi connectivity index (χ0n) is 22.8. The molecule has 2 amide bonds. The summed E-state index contributed by atoms with van der Waals surface area (Å²) in [5.41, 5.74) is 2.12. The van der Waals surface area contributed by atoms with Crippen molar-refractivity contribution in [1.82, 2.24) is 20.0 Å². The Hall–Kier alpha value is -3.85. The molecule has 0 aliphatic carbocycles. The zero-order chi connectivity index (χ0) is 27.9. The van der Waals surface area contributed by atoms with Crippen LogP contribution in [0.3, 0.4) is 0 Å². The predicted molar refractivity (Wildman–Crippen MR) is 152 cm³/mol. The number of ether oxygens (including phenoxy) is 2. The van der Waals surface area contributed by atoms with Crippen LogP contribution in [-0.4, -0.2) is 84.8 Å². The standard InChI is InChI=1S/C29H34ClN5O4/c1-5-20(2)35(29(37)21-6-9-23(30)10-7-21)19-28(36)34-16-14-33(15-17-34)27-13-11-24(31-32-27)22-8-12-25(38-3)26(18-22)39-4/h6-13,18,20H,5,14-17,19H2,1-4H3.